The predicted octanol–water partition coefficient (Wildman–Crippen LogP) is 2.70. The third-order valence-corrected chi connectivity index (χ3v) is 7.25. The lowest BCUT2D eigenvalue weighted by molar-refractivity contribution is -0.131. The normalized spacial score (nSPS) is 28.4. The highest BCUT2D eigenvalue weighted by molar-refractivity contribution is 5.80. The Hall–Kier alpha value is -1.86. The molecule has 0 bridgehead atoms. The zero-order chi connectivity index (χ0) is 18.5. The number of rotatable bonds is 5. The second-order valence-electron chi connectivity index (χ2n) is 9.07. The van der Waals surface area contributed by atoms with Crippen LogP contribution in [0.2, 0.25) is 0 Å². The van der Waals surface area contributed by atoms with Gasteiger partial charge in [0.2, 0.25) is 5.91 Å². The maximum Gasteiger partial charge on any atom is 0.237 e. The van der Waals surface area contributed by atoms with Crippen molar-refractivity contribution in [1.29, 1.82) is 5.26 Å². The number of carbonyl (C=O) groups is 1. The Balaban J connectivity index is 1.25. The second kappa shape index (κ2) is 6.63. The summed E-state index contributed by atoms with van der Waals surface area (Å²) in [5, 5.41) is 12.8. The Morgan fingerprint density at radius 1 is 1.22 bits per heavy atom. The summed E-state index contributed by atoms with van der Waals surface area (Å²) < 4.78 is 0. The van der Waals surface area contributed by atoms with Gasteiger partial charge in [0.15, 0.2) is 0 Å². The fourth-order valence-electron chi connectivity index (χ4n) is 5.84. The summed E-state index contributed by atoms with van der Waals surface area (Å²) in [4.78, 5) is 14.6. The fraction of sp³-hybridized carbons (Fsp3) is 0.652. The molecule has 4 nitrogen and oxygen atoms in total. The number of fused-ring (bicyclic) bond motifs is 3. The minimum atomic E-state index is -0.195. The van der Waals surface area contributed by atoms with Gasteiger partial charge in [0.1, 0.15) is 6.04 Å². The minimum absolute atomic E-state index is 0.113. The van der Waals surface area contributed by atoms with E-state index >= 15 is 0 Å². The second-order valence-corrected chi connectivity index (χ2v) is 9.07. The Labute approximate surface area is 161 Å². The average Bonchev–Trinajstić information content (AvgIpc) is 3.08. The monoisotopic (exact) mass is 363 g/mol. The third-order valence-electron chi connectivity index (χ3n) is 7.25. The van der Waals surface area contributed by atoms with Crippen LogP contribution >= 0.6 is 0 Å². The van der Waals surface area contributed by atoms with Crippen molar-refractivity contribution >= 4 is 5.91 Å². The summed E-state index contributed by atoms with van der Waals surface area (Å²) in [6.45, 7) is 2.56. The van der Waals surface area contributed by atoms with Gasteiger partial charge in [0.05, 0.1) is 12.6 Å². The van der Waals surface area contributed by atoms with Crippen molar-refractivity contribution in [3.63, 3.8) is 0 Å². The molecule has 0 spiro atoms. The van der Waals surface area contributed by atoms with Crippen molar-refractivity contribution in [1.82, 2.24) is 10.2 Å². The van der Waals surface area contributed by atoms with Gasteiger partial charge in [-0.15, -0.1) is 0 Å². The third kappa shape index (κ3) is 2.97. The van der Waals surface area contributed by atoms with E-state index < -0.39 is 0 Å². The number of piperidine rings is 1. The largest absolute Gasteiger partial charge is 0.322 e. The molecule has 27 heavy (non-hydrogen) atoms. The highest BCUT2D eigenvalue weighted by Crippen LogP contribution is 2.47. The molecule has 1 aromatic rings. The van der Waals surface area contributed by atoms with Crippen LogP contribution in [-0.2, 0) is 36.9 Å². The van der Waals surface area contributed by atoms with E-state index in [1.807, 2.05) is 4.90 Å². The molecule has 1 heterocycles. The number of nitrogens with zero attached hydrogens (tertiary/aromatic N) is 2. The number of hydrogen-bond acceptors (Lipinski definition) is 3. The standard InChI is InChI=1S/C23H29N3O/c1-14(25-13-23(27)26-18(12-24)10-17-11-22(17)26)8-21-19-6-2-4-15(19)9-16-5-3-7-20(16)21/h9,14,17-18,22,25H,2-8,10-11,13H2,1H3/t14?,17-,18?,22+/m1/s1. The summed E-state index contributed by atoms with van der Waals surface area (Å²) in [6, 6.07) is 5.23. The van der Waals surface area contributed by atoms with E-state index in [4.69, 9.17) is 0 Å². The SMILES string of the molecule is CC(Cc1c2c(cc3c1CCC3)CCC2)NCC(=O)N1C(C#N)C[C@@H]2C[C@@H]21. The molecule has 4 heteroatoms. The van der Waals surface area contributed by atoms with Crippen LogP contribution in [0.3, 0.4) is 0 Å². The Morgan fingerprint density at radius 3 is 2.59 bits per heavy atom. The van der Waals surface area contributed by atoms with Crippen molar-refractivity contribution in [2.45, 2.75) is 82.8 Å². The molecule has 4 aliphatic rings. The first-order valence-electron chi connectivity index (χ1n) is 10.7. The molecule has 3 aliphatic carbocycles. The van der Waals surface area contributed by atoms with E-state index in [1.165, 1.54) is 38.5 Å². The molecule has 0 aromatic heterocycles. The molecule has 1 saturated carbocycles. The lowest BCUT2D eigenvalue weighted by Gasteiger charge is -2.24. The van der Waals surface area contributed by atoms with E-state index in [2.05, 4.69) is 24.4 Å². The maximum atomic E-state index is 12.7. The predicted molar refractivity (Wildman–Crippen MR) is 104 cm³/mol. The lowest BCUT2D eigenvalue weighted by atomic mass is 9.90. The van der Waals surface area contributed by atoms with Gasteiger partial charge in [0, 0.05) is 12.1 Å². The number of hydrogen-bond donors (Lipinski definition) is 1. The van der Waals surface area contributed by atoms with Crippen LogP contribution in [-0.4, -0.2) is 35.5 Å². The molecular formula is C23H29N3O. The zero-order valence-electron chi connectivity index (χ0n) is 16.3. The van der Waals surface area contributed by atoms with Crippen LogP contribution in [0.15, 0.2) is 6.07 Å². The first-order chi connectivity index (χ1) is 13.2. The van der Waals surface area contributed by atoms with Crippen molar-refractivity contribution in [3.8, 4) is 6.07 Å². The Bertz CT molecular complexity index is 792. The number of likely N-dealkylation sites (tertiary alicyclic amines) is 1. The van der Waals surface area contributed by atoms with Crippen molar-refractivity contribution in [3.05, 3.63) is 33.9 Å². The van der Waals surface area contributed by atoms with Crippen LogP contribution < -0.4 is 5.32 Å². The van der Waals surface area contributed by atoms with Crippen LogP contribution in [0, 0.1) is 17.2 Å². The average molecular weight is 364 g/mol. The van der Waals surface area contributed by atoms with Crippen LogP contribution in [0.1, 0.15) is 60.4 Å². The van der Waals surface area contributed by atoms with Crippen LogP contribution in [0.25, 0.3) is 0 Å². The molecule has 1 aliphatic heterocycles. The quantitative estimate of drug-likeness (QED) is 0.875. The van der Waals surface area contributed by atoms with Gasteiger partial charge in [0.25, 0.3) is 0 Å². The van der Waals surface area contributed by atoms with Gasteiger partial charge < -0.3 is 10.2 Å². The van der Waals surface area contributed by atoms with Gasteiger partial charge in [-0.2, -0.15) is 5.26 Å². The number of nitrogens with one attached hydrogen (secondary N) is 1. The molecule has 142 valence electrons. The highest BCUT2D eigenvalue weighted by atomic mass is 16.2. The van der Waals surface area contributed by atoms with Crippen LogP contribution in [0.4, 0.5) is 0 Å². The Morgan fingerprint density at radius 2 is 1.93 bits per heavy atom. The number of benzene rings is 1. The number of carbonyl (C=O) groups excluding carboxylic acids is 1. The van der Waals surface area contributed by atoms with Crippen molar-refractivity contribution < 1.29 is 4.79 Å². The van der Waals surface area contributed by atoms with E-state index in [1.54, 1.807) is 27.8 Å². The summed E-state index contributed by atoms with van der Waals surface area (Å²) >= 11 is 0. The number of amides is 1. The molecule has 1 N–H and O–H groups in total. The molecule has 1 aromatic carbocycles. The molecule has 2 fully saturated rings. The molecule has 1 saturated heterocycles. The smallest absolute Gasteiger partial charge is 0.237 e. The minimum Gasteiger partial charge on any atom is -0.322 e. The van der Waals surface area contributed by atoms with E-state index in [9.17, 15) is 10.1 Å². The van der Waals surface area contributed by atoms with Gasteiger partial charge in [-0.3, -0.25) is 4.79 Å². The molecule has 2 unspecified atom stereocenters. The van der Waals surface area contributed by atoms with Gasteiger partial charge in [-0.25, -0.2) is 0 Å². The zero-order valence-corrected chi connectivity index (χ0v) is 16.3. The van der Waals surface area contributed by atoms with E-state index in [0.29, 0.717) is 18.5 Å². The first kappa shape index (κ1) is 17.3. The first-order valence-corrected chi connectivity index (χ1v) is 10.7. The molecule has 5 rings (SSSR count). The topological polar surface area (TPSA) is 56.1 Å². The fourth-order valence-corrected chi connectivity index (χ4v) is 5.84. The summed E-state index contributed by atoms with van der Waals surface area (Å²) in [7, 11) is 0. The summed E-state index contributed by atoms with van der Waals surface area (Å²) in [5.41, 5.74) is 7.98. The Kier molecular flexibility index (Phi) is 4.24. The molecule has 4 atom stereocenters. The van der Waals surface area contributed by atoms with Crippen molar-refractivity contribution in [2.75, 3.05) is 6.54 Å². The van der Waals surface area contributed by atoms with Gasteiger partial charge in [-0.1, -0.05) is 6.07 Å². The lowest BCUT2D eigenvalue weighted by Crippen LogP contribution is -2.45. The van der Waals surface area contributed by atoms with Crippen molar-refractivity contribution in [2.24, 2.45) is 5.92 Å². The van der Waals surface area contributed by atoms with E-state index in [0.717, 1.165) is 19.3 Å². The van der Waals surface area contributed by atoms with Crippen LogP contribution in [0.5, 0.6) is 0 Å². The summed E-state index contributed by atoms with van der Waals surface area (Å²) in [6.07, 6.45) is 10.5. The van der Waals surface area contributed by atoms with E-state index in [-0.39, 0.29) is 18.0 Å². The summed E-state index contributed by atoms with van der Waals surface area (Å²) in [5.74, 6) is 0.701. The van der Waals surface area contributed by atoms with Gasteiger partial charge in [-0.05, 0) is 98.4 Å². The van der Waals surface area contributed by atoms with Gasteiger partial charge >= 0.3 is 0 Å². The molecular weight excluding hydrogens is 334 g/mol. The maximum absolute atomic E-state index is 12.7. The molecule has 0 radical (unpaired) electrons. The number of aryl methyl sites for hydroxylation is 2. The molecule has 1 amide bonds. The number of nitriles is 1. The highest BCUT2D eigenvalue weighted by Gasteiger charge is 2.53.